The molecule has 15 heteroatoms. The SMILES string of the molecule is CC(C)C[C@H](ONC(=O)[C@@H](COCc1ccccc1)ONC(=O)c1c(F)cccc1F)C(=O)Nc1ccc2c(c1)OC(F)(F)O2. The predicted molar refractivity (Wildman–Crippen MR) is 149 cm³/mol. The first-order valence-corrected chi connectivity index (χ1v) is 13.6. The number of fused-ring (bicyclic) bond motifs is 1. The fourth-order valence-corrected chi connectivity index (χ4v) is 3.99. The van der Waals surface area contributed by atoms with Crippen molar-refractivity contribution in [3.63, 3.8) is 0 Å². The van der Waals surface area contributed by atoms with Crippen LogP contribution in [0.3, 0.4) is 0 Å². The van der Waals surface area contributed by atoms with E-state index in [1.54, 1.807) is 44.2 Å². The number of hydroxylamine groups is 2. The zero-order valence-corrected chi connectivity index (χ0v) is 24.0. The number of rotatable bonds is 14. The second-order valence-corrected chi connectivity index (χ2v) is 10.2. The Morgan fingerprint density at radius 1 is 0.822 bits per heavy atom. The summed E-state index contributed by atoms with van der Waals surface area (Å²) in [6.07, 6.45) is -6.63. The monoisotopic (exact) mass is 635 g/mol. The number of nitrogens with one attached hydrogen (secondary N) is 3. The molecule has 0 radical (unpaired) electrons. The molecule has 11 nitrogen and oxygen atoms in total. The smallest absolute Gasteiger partial charge is 0.395 e. The average Bonchev–Trinajstić information content (AvgIpc) is 3.30. The molecular formula is C30H29F4N3O8. The van der Waals surface area contributed by atoms with Crippen molar-refractivity contribution in [1.29, 1.82) is 0 Å². The van der Waals surface area contributed by atoms with E-state index in [4.69, 9.17) is 14.4 Å². The summed E-state index contributed by atoms with van der Waals surface area (Å²) in [5, 5.41) is 2.50. The Bertz CT molecular complexity index is 1490. The molecule has 1 aliphatic heterocycles. The number of carbonyl (C=O) groups is 3. The van der Waals surface area contributed by atoms with E-state index in [0.717, 1.165) is 29.8 Å². The van der Waals surface area contributed by atoms with Crippen molar-refractivity contribution in [2.24, 2.45) is 5.92 Å². The van der Waals surface area contributed by atoms with Gasteiger partial charge in [0, 0.05) is 11.8 Å². The molecule has 0 aromatic heterocycles. The number of amides is 3. The van der Waals surface area contributed by atoms with E-state index in [2.05, 4.69) is 20.3 Å². The highest BCUT2D eigenvalue weighted by Crippen LogP contribution is 2.42. The van der Waals surface area contributed by atoms with Gasteiger partial charge in [-0.3, -0.25) is 24.1 Å². The van der Waals surface area contributed by atoms with Gasteiger partial charge in [0.05, 0.1) is 13.2 Å². The van der Waals surface area contributed by atoms with Gasteiger partial charge in [-0.15, -0.1) is 8.78 Å². The van der Waals surface area contributed by atoms with Gasteiger partial charge in [0.2, 0.25) is 0 Å². The Morgan fingerprint density at radius 2 is 1.49 bits per heavy atom. The second-order valence-electron chi connectivity index (χ2n) is 10.2. The Labute approximate surface area is 254 Å². The number of benzene rings is 3. The number of hydrogen-bond acceptors (Lipinski definition) is 8. The number of hydrogen-bond donors (Lipinski definition) is 3. The van der Waals surface area contributed by atoms with E-state index in [0.29, 0.717) is 0 Å². The summed E-state index contributed by atoms with van der Waals surface area (Å²) in [7, 11) is 0. The van der Waals surface area contributed by atoms with Crippen LogP contribution in [0.1, 0.15) is 36.2 Å². The van der Waals surface area contributed by atoms with Crippen LogP contribution in [0.4, 0.5) is 23.2 Å². The highest BCUT2D eigenvalue weighted by atomic mass is 19.3. The number of ether oxygens (including phenoxy) is 3. The van der Waals surface area contributed by atoms with Crippen LogP contribution in [-0.4, -0.2) is 42.8 Å². The summed E-state index contributed by atoms with van der Waals surface area (Å²) in [6.45, 7) is 3.17. The predicted octanol–water partition coefficient (Wildman–Crippen LogP) is 4.63. The van der Waals surface area contributed by atoms with Gasteiger partial charge in [-0.2, -0.15) is 0 Å². The topological polar surface area (TPSA) is 133 Å². The zero-order chi connectivity index (χ0) is 32.6. The minimum atomic E-state index is -3.84. The first-order valence-electron chi connectivity index (χ1n) is 13.6. The number of anilines is 1. The Hall–Kier alpha value is -4.73. The number of halogens is 4. The molecule has 3 aromatic rings. The van der Waals surface area contributed by atoms with E-state index in [-0.39, 0.29) is 36.1 Å². The summed E-state index contributed by atoms with van der Waals surface area (Å²) in [5.41, 5.74) is 3.85. The maximum Gasteiger partial charge on any atom is 0.586 e. The second kappa shape index (κ2) is 14.8. The van der Waals surface area contributed by atoms with Crippen molar-refractivity contribution < 1.29 is 55.8 Å². The summed E-state index contributed by atoms with van der Waals surface area (Å²) in [5.74, 6) is -5.97. The van der Waals surface area contributed by atoms with Gasteiger partial charge in [-0.05, 0) is 42.2 Å². The highest BCUT2D eigenvalue weighted by molar-refractivity contribution is 5.95. The molecule has 3 N–H and O–H groups in total. The molecule has 0 aliphatic carbocycles. The summed E-state index contributed by atoms with van der Waals surface area (Å²) in [4.78, 5) is 49.1. The van der Waals surface area contributed by atoms with E-state index >= 15 is 0 Å². The third-order valence-electron chi connectivity index (χ3n) is 6.11. The average molecular weight is 636 g/mol. The first-order chi connectivity index (χ1) is 21.4. The van der Waals surface area contributed by atoms with Crippen LogP contribution >= 0.6 is 0 Å². The van der Waals surface area contributed by atoms with Crippen LogP contribution in [0.5, 0.6) is 11.5 Å². The van der Waals surface area contributed by atoms with Gasteiger partial charge in [0.15, 0.2) is 23.7 Å². The summed E-state index contributed by atoms with van der Waals surface area (Å²) >= 11 is 0. The largest absolute Gasteiger partial charge is 0.586 e. The van der Waals surface area contributed by atoms with Gasteiger partial charge < -0.3 is 19.5 Å². The highest BCUT2D eigenvalue weighted by Gasteiger charge is 2.43. The molecule has 0 saturated heterocycles. The van der Waals surface area contributed by atoms with E-state index < -0.39 is 60.0 Å². The molecule has 240 valence electrons. The molecule has 1 aliphatic rings. The van der Waals surface area contributed by atoms with E-state index in [1.807, 2.05) is 5.48 Å². The molecule has 0 fully saturated rings. The molecule has 4 rings (SSSR count). The third kappa shape index (κ3) is 9.38. The molecule has 0 unspecified atom stereocenters. The van der Waals surface area contributed by atoms with Crippen LogP contribution in [-0.2, 0) is 30.6 Å². The molecule has 0 spiro atoms. The molecule has 0 bridgehead atoms. The first kappa shape index (κ1) is 33.2. The zero-order valence-electron chi connectivity index (χ0n) is 24.0. The van der Waals surface area contributed by atoms with Gasteiger partial charge in [0.1, 0.15) is 17.2 Å². The molecule has 0 saturated carbocycles. The van der Waals surface area contributed by atoms with Crippen LogP contribution in [0.25, 0.3) is 0 Å². The van der Waals surface area contributed by atoms with Crippen molar-refractivity contribution in [2.75, 3.05) is 11.9 Å². The number of alkyl halides is 2. The van der Waals surface area contributed by atoms with Gasteiger partial charge in [-0.1, -0.05) is 50.2 Å². The molecule has 45 heavy (non-hydrogen) atoms. The lowest BCUT2D eigenvalue weighted by atomic mass is 10.1. The summed E-state index contributed by atoms with van der Waals surface area (Å²) < 4.78 is 69.1. The lowest BCUT2D eigenvalue weighted by molar-refractivity contribution is -0.286. The Balaban J connectivity index is 1.41. The van der Waals surface area contributed by atoms with E-state index in [1.165, 1.54) is 12.1 Å². The van der Waals surface area contributed by atoms with Crippen LogP contribution in [0.15, 0.2) is 66.7 Å². The maximum atomic E-state index is 14.1. The molecule has 3 amide bonds. The fourth-order valence-electron chi connectivity index (χ4n) is 3.99. The standard InChI is InChI=1S/C30H29F4N3O8/c1-17(2)13-24(27(38)35-19-11-12-22-23(14-19)43-30(33,34)42-22)44-36-28(39)25(16-41-15-18-7-4-3-5-8-18)45-37-29(40)26-20(31)9-6-10-21(26)32/h3-12,14,17,24-25H,13,15-16H2,1-2H3,(H,35,38)(H,36,39)(H,37,40)/t24-,25+/m0/s1. The molecule has 1 heterocycles. The minimum Gasteiger partial charge on any atom is -0.395 e. The molecule has 3 aromatic carbocycles. The molecular weight excluding hydrogens is 606 g/mol. The lowest BCUT2D eigenvalue weighted by Crippen LogP contribution is -2.46. The van der Waals surface area contributed by atoms with Crippen LogP contribution in [0, 0.1) is 17.6 Å². The Morgan fingerprint density at radius 3 is 2.18 bits per heavy atom. The Kier molecular flexibility index (Phi) is 10.9. The van der Waals surface area contributed by atoms with Crippen molar-refractivity contribution >= 4 is 23.4 Å². The normalized spacial score (nSPS) is 14.5. The van der Waals surface area contributed by atoms with Crippen molar-refractivity contribution in [3.05, 3.63) is 89.5 Å². The number of carbonyl (C=O) groups excluding carboxylic acids is 3. The fraction of sp³-hybridized carbons (Fsp3) is 0.300. The maximum absolute atomic E-state index is 14.1. The molecule has 2 atom stereocenters. The van der Waals surface area contributed by atoms with E-state index in [9.17, 15) is 31.9 Å². The van der Waals surface area contributed by atoms with Gasteiger partial charge in [0.25, 0.3) is 17.7 Å². The minimum absolute atomic E-state index is 0.0462. The summed E-state index contributed by atoms with van der Waals surface area (Å²) in [6, 6.07) is 15.3. The quantitative estimate of drug-likeness (QED) is 0.173. The van der Waals surface area contributed by atoms with Gasteiger partial charge in [-0.25, -0.2) is 19.7 Å². The van der Waals surface area contributed by atoms with Crippen LogP contribution < -0.4 is 25.8 Å². The van der Waals surface area contributed by atoms with Crippen molar-refractivity contribution in [1.82, 2.24) is 11.0 Å². The van der Waals surface area contributed by atoms with Crippen molar-refractivity contribution in [2.45, 2.75) is 45.4 Å². The van der Waals surface area contributed by atoms with Crippen molar-refractivity contribution in [3.8, 4) is 11.5 Å². The lowest BCUT2D eigenvalue weighted by Gasteiger charge is -2.22. The van der Waals surface area contributed by atoms with Crippen LogP contribution in [0.2, 0.25) is 0 Å². The third-order valence-corrected chi connectivity index (χ3v) is 6.11. The van der Waals surface area contributed by atoms with Gasteiger partial charge >= 0.3 is 6.29 Å².